The summed E-state index contributed by atoms with van der Waals surface area (Å²) < 4.78 is 0. The number of rotatable bonds is 3. The first-order valence-corrected chi connectivity index (χ1v) is 8.04. The Kier molecular flexibility index (Phi) is 3.67. The lowest BCUT2D eigenvalue weighted by molar-refractivity contribution is 1.09. The predicted molar refractivity (Wildman–Crippen MR) is 98.0 cm³/mol. The van der Waals surface area contributed by atoms with Crippen molar-refractivity contribution in [2.45, 2.75) is 6.54 Å². The number of benzene rings is 2. The molecule has 2 aromatic carbocycles. The maximum Gasteiger partial charge on any atom is 0.253 e. The number of pyridine rings is 1. The number of H-pyrrole nitrogens is 2. The molecule has 24 heavy (non-hydrogen) atoms. The van der Waals surface area contributed by atoms with E-state index in [0.29, 0.717) is 22.2 Å². The molecule has 0 atom stereocenters. The van der Waals surface area contributed by atoms with Crippen LogP contribution in [0.25, 0.3) is 21.9 Å². The van der Waals surface area contributed by atoms with Crippen molar-refractivity contribution in [1.29, 1.82) is 0 Å². The molecule has 0 aliphatic heterocycles. The number of aromatic amines is 2. The first-order valence-electron chi connectivity index (χ1n) is 7.28. The molecule has 0 aliphatic carbocycles. The average molecular weight is 359 g/mol. The van der Waals surface area contributed by atoms with Crippen LogP contribution in [-0.2, 0) is 6.54 Å². The zero-order valence-electron chi connectivity index (χ0n) is 12.4. The van der Waals surface area contributed by atoms with Gasteiger partial charge in [0.2, 0.25) is 0 Å². The van der Waals surface area contributed by atoms with Crippen LogP contribution in [0, 0.1) is 0 Å². The van der Waals surface area contributed by atoms with Gasteiger partial charge >= 0.3 is 0 Å². The van der Waals surface area contributed by atoms with E-state index in [0.717, 1.165) is 27.6 Å². The number of halogens is 2. The SMILES string of the molecule is O=c1[nH]c2ccc(Cl)cc2cc1CNc1cc2nc[nH]c2cc1Cl. The van der Waals surface area contributed by atoms with Crippen LogP contribution in [0.15, 0.2) is 47.5 Å². The van der Waals surface area contributed by atoms with Crippen molar-refractivity contribution >= 4 is 50.8 Å². The second-order valence-electron chi connectivity index (χ2n) is 5.46. The molecular formula is C17H12Cl2N4O. The van der Waals surface area contributed by atoms with E-state index in [9.17, 15) is 4.79 Å². The number of hydrogen-bond acceptors (Lipinski definition) is 3. The van der Waals surface area contributed by atoms with E-state index in [4.69, 9.17) is 23.2 Å². The molecule has 2 heterocycles. The third-order valence-corrected chi connectivity index (χ3v) is 4.41. The van der Waals surface area contributed by atoms with Crippen molar-refractivity contribution in [2.75, 3.05) is 5.32 Å². The van der Waals surface area contributed by atoms with Crippen LogP contribution in [0.4, 0.5) is 5.69 Å². The van der Waals surface area contributed by atoms with Crippen molar-refractivity contribution < 1.29 is 0 Å². The lowest BCUT2D eigenvalue weighted by Crippen LogP contribution is -2.15. The summed E-state index contributed by atoms with van der Waals surface area (Å²) in [6, 6.07) is 10.8. The Bertz CT molecular complexity index is 1120. The highest BCUT2D eigenvalue weighted by atomic mass is 35.5. The molecule has 0 saturated heterocycles. The van der Waals surface area contributed by atoms with E-state index in [1.165, 1.54) is 0 Å². The van der Waals surface area contributed by atoms with Gasteiger partial charge < -0.3 is 15.3 Å². The number of imidazole rings is 1. The van der Waals surface area contributed by atoms with Crippen molar-refractivity contribution in [3.8, 4) is 0 Å². The van der Waals surface area contributed by atoms with E-state index in [1.54, 1.807) is 24.5 Å². The minimum absolute atomic E-state index is 0.144. The highest BCUT2D eigenvalue weighted by Gasteiger charge is 2.07. The average Bonchev–Trinajstić information content (AvgIpc) is 3.00. The fraction of sp³-hybridized carbons (Fsp3) is 0.0588. The van der Waals surface area contributed by atoms with Gasteiger partial charge in [-0.25, -0.2) is 4.98 Å². The number of nitrogens with one attached hydrogen (secondary N) is 3. The Hall–Kier alpha value is -2.50. The van der Waals surface area contributed by atoms with Gasteiger partial charge in [0.25, 0.3) is 5.56 Å². The second kappa shape index (κ2) is 5.85. The van der Waals surface area contributed by atoms with E-state index < -0.39 is 0 Å². The summed E-state index contributed by atoms with van der Waals surface area (Å²) in [5.41, 5.74) is 3.60. The van der Waals surface area contributed by atoms with Gasteiger partial charge in [-0.1, -0.05) is 23.2 Å². The zero-order chi connectivity index (χ0) is 16.7. The summed E-state index contributed by atoms with van der Waals surface area (Å²) in [6.07, 6.45) is 1.61. The summed E-state index contributed by atoms with van der Waals surface area (Å²) >= 11 is 12.3. The van der Waals surface area contributed by atoms with Gasteiger partial charge in [0.1, 0.15) is 0 Å². The molecule has 120 valence electrons. The predicted octanol–water partition coefficient (Wildman–Crippen LogP) is 4.32. The largest absolute Gasteiger partial charge is 0.379 e. The zero-order valence-corrected chi connectivity index (χ0v) is 13.9. The van der Waals surface area contributed by atoms with Crippen LogP contribution >= 0.6 is 23.2 Å². The van der Waals surface area contributed by atoms with Crippen LogP contribution in [0.1, 0.15) is 5.56 Å². The van der Waals surface area contributed by atoms with Gasteiger partial charge in [-0.2, -0.15) is 0 Å². The fourth-order valence-electron chi connectivity index (χ4n) is 2.64. The van der Waals surface area contributed by atoms with E-state index >= 15 is 0 Å². The lowest BCUT2D eigenvalue weighted by Gasteiger charge is -2.09. The van der Waals surface area contributed by atoms with Gasteiger partial charge in [0.05, 0.1) is 28.1 Å². The molecule has 0 bridgehead atoms. The van der Waals surface area contributed by atoms with Crippen LogP contribution in [0.3, 0.4) is 0 Å². The highest BCUT2D eigenvalue weighted by molar-refractivity contribution is 6.34. The smallest absolute Gasteiger partial charge is 0.253 e. The molecule has 0 spiro atoms. The van der Waals surface area contributed by atoms with Crippen LogP contribution in [0.2, 0.25) is 10.0 Å². The van der Waals surface area contributed by atoms with Crippen LogP contribution in [0.5, 0.6) is 0 Å². The first kappa shape index (κ1) is 15.1. The molecule has 5 nitrogen and oxygen atoms in total. The minimum atomic E-state index is -0.144. The number of nitrogens with zero attached hydrogens (tertiary/aromatic N) is 1. The quantitative estimate of drug-likeness (QED) is 0.510. The Labute approximate surface area is 146 Å². The van der Waals surface area contributed by atoms with Gasteiger partial charge in [0, 0.05) is 28.0 Å². The summed E-state index contributed by atoms with van der Waals surface area (Å²) in [5, 5.41) is 5.26. The maximum absolute atomic E-state index is 12.2. The normalized spacial score (nSPS) is 11.2. The number of fused-ring (bicyclic) bond motifs is 2. The molecule has 0 radical (unpaired) electrons. The first-order chi connectivity index (χ1) is 11.6. The number of hydrogen-bond donors (Lipinski definition) is 3. The van der Waals surface area contributed by atoms with Crippen LogP contribution in [-0.4, -0.2) is 15.0 Å². The highest BCUT2D eigenvalue weighted by Crippen LogP contribution is 2.27. The van der Waals surface area contributed by atoms with Crippen molar-refractivity contribution in [2.24, 2.45) is 0 Å². The Balaban J connectivity index is 1.67. The molecule has 0 unspecified atom stereocenters. The fourth-order valence-corrected chi connectivity index (χ4v) is 3.05. The number of anilines is 1. The molecule has 4 aromatic rings. The molecule has 0 amide bonds. The third-order valence-electron chi connectivity index (χ3n) is 3.86. The monoisotopic (exact) mass is 358 g/mol. The molecular weight excluding hydrogens is 347 g/mol. The second-order valence-corrected chi connectivity index (χ2v) is 6.30. The van der Waals surface area contributed by atoms with E-state index in [-0.39, 0.29) is 5.56 Å². The van der Waals surface area contributed by atoms with E-state index in [1.807, 2.05) is 18.2 Å². The van der Waals surface area contributed by atoms with Crippen molar-refractivity contribution in [1.82, 2.24) is 15.0 Å². The van der Waals surface area contributed by atoms with Crippen molar-refractivity contribution in [3.05, 3.63) is 68.7 Å². The topological polar surface area (TPSA) is 73.6 Å². The van der Waals surface area contributed by atoms with Crippen LogP contribution < -0.4 is 10.9 Å². The van der Waals surface area contributed by atoms with Gasteiger partial charge in [0.15, 0.2) is 0 Å². The molecule has 0 fully saturated rings. The van der Waals surface area contributed by atoms with Gasteiger partial charge in [-0.15, -0.1) is 0 Å². The Morgan fingerprint density at radius 1 is 1.08 bits per heavy atom. The minimum Gasteiger partial charge on any atom is -0.379 e. The summed E-state index contributed by atoms with van der Waals surface area (Å²) in [4.78, 5) is 22.3. The molecule has 4 rings (SSSR count). The Morgan fingerprint density at radius 2 is 1.96 bits per heavy atom. The molecule has 3 N–H and O–H groups in total. The molecule has 2 aromatic heterocycles. The summed E-state index contributed by atoms with van der Waals surface area (Å²) in [5.74, 6) is 0. The molecule has 0 saturated carbocycles. The van der Waals surface area contributed by atoms with Gasteiger partial charge in [-0.3, -0.25) is 4.79 Å². The summed E-state index contributed by atoms with van der Waals surface area (Å²) in [6.45, 7) is 0.341. The Morgan fingerprint density at radius 3 is 2.83 bits per heavy atom. The lowest BCUT2D eigenvalue weighted by atomic mass is 10.1. The third kappa shape index (κ3) is 2.72. The molecule has 0 aliphatic rings. The standard InChI is InChI=1S/C17H12Cl2N4O/c18-11-1-2-13-9(4-11)3-10(17(24)23-13)7-20-14-6-16-15(5-12(14)19)21-8-22-16/h1-6,8,20H,7H2,(H,21,22)(H,23,24). The van der Waals surface area contributed by atoms with Gasteiger partial charge in [-0.05, 0) is 36.4 Å². The molecule has 7 heteroatoms. The van der Waals surface area contributed by atoms with E-state index in [2.05, 4.69) is 20.3 Å². The summed E-state index contributed by atoms with van der Waals surface area (Å²) in [7, 11) is 0. The maximum atomic E-state index is 12.2. The van der Waals surface area contributed by atoms with Crippen molar-refractivity contribution in [3.63, 3.8) is 0 Å². The number of aromatic nitrogens is 3.